The molecule has 0 saturated carbocycles. The van der Waals surface area contributed by atoms with Gasteiger partial charge < -0.3 is 0 Å². The summed E-state index contributed by atoms with van der Waals surface area (Å²) in [6, 6.07) is 0. The van der Waals surface area contributed by atoms with Gasteiger partial charge in [-0.25, -0.2) is 0 Å². The average molecular weight is 336 g/mol. The molecule has 0 spiro atoms. The van der Waals surface area contributed by atoms with E-state index in [1.807, 2.05) is 0 Å². The molecular formula is C14H22Ge2. The molecule has 0 aliphatic heterocycles. The van der Waals surface area contributed by atoms with E-state index in [-0.39, 0.29) is 0 Å². The van der Waals surface area contributed by atoms with Crippen LogP contribution in [0.2, 0.25) is 32.5 Å². The summed E-state index contributed by atoms with van der Waals surface area (Å²) < 4.78 is 1.74. The van der Waals surface area contributed by atoms with Gasteiger partial charge in [-0.2, -0.15) is 0 Å². The topological polar surface area (TPSA) is 0 Å². The van der Waals surface area contributed by atoms with Gasteiger partial charge in [-0.3, -0.25) is 0 Å². The van der Waals surface area contributed by atoms with Crippen molar-refractivity contribution in [2.24, 2.45) is 0 Å². The molecule has 0 saturated heterocycles. The minimum absolute atomic E-state index is 0.630. The molecule has 0 aromatic heterocycles. The van der Waals surface area contributed by atoms with E-state index in [1.165, 1.54) is 0 Å². The van der Waals surface area contributed by atoms with Crippen LogP contribution in [0.15, 0.2) is 48.6 Å². The summed E-state index contributed by atoms with van der Waals surface area (Å²) >= 11 is -1.26. The number of rotatable bonds is 2. The van der Waals surface area contributed by atoms with Crippen LogP contribution in [0.4, 0.5) is 0 Å². The molecule has 2 aliphatic rings. The summed E-state index contributed by atoms with van der Waals surface area (Å²) in [6.45, 7) is 0. The Hall–Kier alpha value is 0.0457. The van der Waals surface area contributed by atoms with Gasteiger partial charge in [-0.05, 0) is 0 Å². The third-order valence-corrected chi connectivity index (χ3v) is 10.0. The van der Waals surface area contributed by atoms with E-state index < -0.39 is 28.7 Å². The van der Waals surface area contributed by atoms with E-state index in [2.05, 4.69) is 71.6 Å². The summed E-state index contributed by atoms with van der Waals surface area (Å²) in [6.07, 6.45) is 17.9. The van der Waals surface area contributed by atoms with E-state index in [1.54, 1.807) is 0 Å². The van der Waals surface area contributed by atoms with Crippen LogP contribution in [0.25, 0.3) is 0 Å². The van der Waals surface area contributed by atoms with E-state index in [9.17, 15) is 0 Å². The Bertz CT molecular complexity index is 253. The van der Waals surface area contributed by atoms with Crippen molar-refractivity contribution in [3.63, 3.8) is 0 Å². The van der Waals surface area contributed by atoms with Crippen LogP contribution in [-0.4, -0.2) is 28.7 Å². The quantitative estimate of drug-likeness (QED) is 0.653. The zero-order valence-corrected chi connectivity index (χ0v) is 15.0. The number of allylic oxidation sites excluding steroid dienone is 8. The van der Waals surface area contributed by atoms with Crippen molar-refractivity contribution in [2.75, 3.05) is 0 Å². The van der Waals surface area contributed by atoms with Gasteiger partial charge in [-0.15, -0.1) is 0 Å². The van der Waals surface area contributed by atoms with Crippen LogP contribution in [0, 0.1) is 0 Å². The molecular weight excluding hydrogens is 313 g/mol. The van der Waals surface area contributed by atoms with Crippen LogP contribution in [0.5, 0.6) is 0 Å². The number of hydrogen-bond donors (Lipinski definition) is 0. The van der Waals surface area contributed by atoms with Crippen LogP contribution < -0.4 is 0 Å². The predicted octanol–water partition coefficient (Wildman–Crippen LogP) is 4.47. The van der Waals surface area contributed by atoms with Gasteiger partial charge in [0.15, 0.2) is 0 Å². The second kappa shape index (κ2) is 7.39. The molecule has 16 heavy (non-hydrogen) atoms. The molecule has 0 nitrogen and oxygen atoms in total. The molecule has 86 valence electrons. The standard InChI is InChI=1S/2C7H11Ge/c2*1-8(2)7-5-3-4-6-7/h2*3-7H,1-2H3. The molecule has 0 N–H and O–H groups in total. The van der Waals surface area contributed by atoms with Gasteiger partial charge in [0.05, 0.1) is 0 Å². The second-order valence-corrected chi connectivity index (χ2v) is 16.6. The molecule has 2 aliphatic carbocycles. The van der Waals surface area contributed by atoms with Gasteiger partial charge in [0.2, 0.25) is 0 Å². The van der Waals surface area contributed by atoms with Crippen molar-refractivity contribution in [3.8, 4) is 0 Å². The molecule has 0 unspecified atom stereocenters. The normalized spacial score (nSPS) is 18.9. The summed E-state index contributed by atoms with van der Waals surface area (Å²) in [5.74, 6) is 9.63. The number of hydrogen-bond acceptors (Lipinski definition) is 0. The van der Waals surface area contributed by atoms with Gasteiger partial charge in [0.25, 0.3) is 0 Å². The monoisotopic (exact) mass is 338 g/mol. The summed E-state index contributed by atoms with van der Waals surface area (Å²) in [7, 11) is 0. The minimum atomic E-state index is -0.630. The first-order valence-electron chi connectivity index (χ1n) is 5.91. The van der Waals surface area contributed by atoms with Crippen molar-refractivity contribution in [2.45, 2.75) is 32.5 Å². The van der Waals surface area contributed by atoms with E-state index in [4.69, 9.17) is 0 Å². The summed E-state index contributed by atoms with van der Waals surface area (Å²) in [5, 5.41) is 0. The van der Waals surface area contributed by atoms with Crippen molar-refractivity contribution in [1.82, 2.24) is 0 Å². The molecule has 0 bridgehead atoms. The molecule has 2 rings (SSSR count). The predicted molar refractivity (Wildman–Crippen MR) is 79.0 cm³/mol. The van der Waals surface area contributed by atoms with Gasteiger partial charge in [0, 0.05) is 0 Å². The zero-order chi connectivity index (χ0) is 12.0. The maximum absolute atomic E-state index is 2.41. The van der Waals surface area contributed by atoms with Crippen molar-refractivity contribution < 1.29 is 0 Å². The fraction of sp³-hybridized carbons (Fsp3) is 0.429. The van der Waals surface area contributed by atoms with Crippen molar-refractivity contribution in [3.05, 3.63) is 48.6 Å². The molecule has 2 heteroatoms. The Morgan fingerprint density at radius 1 is 0.562 bits per heavy atom. The summed E-state index contributed by atoms with van der Waals surface area (Å²) in [5.41, 5.74) is 0. The SMILES string of the molecule is [CH3][Ge]([CH3])[CH]1C=CC=C1.[CH3][Ge]([CH3])[CH]1C=CC=C1. The fourth-order valence-electron chi connectivity index (χ4n) is 1.63. The Labute approximate surface area is 109 Å². The van der Waals surface area contributed by atoms with Crippen LogP contribution >= 0.6 is 0 Å². The Kier molecular flexibility index (Phi) is 6.51. The molecule has 0 aromatic rings. The zero-order valence-electron chi connectivity index (χ0n) is 10.8. The third-order valence-electron chi connectivity index (χ3n) is 2.83. The van der Waals surface area contributed by atoms with E-state index in [0.29, 0.717) is 0 Å². The van der Waals surface area contributed by atoms with Crippen molar-refractivity contribution in [1.29, 1.82) is 0 Å². The Morgan fingerprint density at radius 2 is 0.812 bits per heavy atom. The Morgan fingerprint density at radius 3 is 0.938 bits per heavy atom. The Balaban J connectivity index is 0.000000160. The van der Waals surface area contributed by atoms with Crippen molar-refractivity contribution >= 4 is 28.7 Å². The van der Waals surface area contributed by atoms with Crippen LogP contribution in [0.3, 0.4) is 0 Å². The third kappa shape index (κ3) is 4.92. The first kappa shape index (κ1) is 14.1. The maximum atomic E-state index is 2.41. The molecule has 0 amide bonds. The molecule has 0 fully saturated rings. The van der Waals surface area contributed by atoms with E-state index >= 15 is 0 Å². The van der Waals surface area contributed by atoms with E-state index in [0.717, 1.165) is 9.50 Å². The van der Waals surface area contributed by atoms with Crippen LogP contribution in [0.1, 0.15) is 0 Å². The molecule has 0 aromatic carbocycles. The first-order valence-corrected chi connectivity index (χ1v) is 16.7. The van der Waals surface area contributed by atoms with Crippen LogP contribution in [-0.2, 0) is 0 Å². The fourth-order valence-corrected chi connectivity index (χ4v) is 5.80. The average Bonchev–Trinajstić information content (AvgIpc) is 2.93. The van der Waals surface area contributed by atoms with Gasteiger partial charge >= 0.3 is 110 Å². The molecule has 0 atom stereocenters. The molecule has 2 radical (unpaired) electrons. The second-order valence-electron chi connectivity index (χ2n) is 4.75. The summed E-state index contributed by atoms with van der Waals surface area (Å²) in [4.78, 5) is 0. The van der Waals surface area contributed by atoms with Gasteiger partial charge in [0.1, 0.15) is 0 Å². The molecule has 0 heterocycles. The first-order chi connectivity index (χ1) is 7.61. The van der Waals surface area contributed by atoms with Gasteiger partial charge in [-0.1, -0.05) is 0 Å².